The maximum atomic E-state index is 13.6. The molecule has 0 aliphatic heterocycles. The van der Waals surface area contributed by atoms with Gasteiger partial charge in [0.2, 0.25) is 12.8 Å². The number of aliphatic hydroxyl groups excluding tert-OH is 10. The van der Waals surface area contributed by atoms with Crippen LogP contribution in [-0.2, 0) is 9.59 Å². The van der Waals surface area contributed by atoms with Crippen LogP contribution in [0, 0.1) is 21.4 Å². The van der Waals surface area contributed by atoms with E-state index in [1.807, 2.05) is 0 Å². The van der Waals surface area contributed by atoms with Crippen molar-refractivity contribution in [2.24, 2.45) is 0 Å². The molecule has 0 heterocycles. The van der Waals surface area contributed by atoms with Crippen LogP contribution in [0.15, 0.2) is 0 Å². The van der Waals surface area contributed by atoms with Gasteiger partial charge in [0.15, 0.2) is 0 Å². The highest BCUT2D eigenvalue weighted by Crippen LogP contribution is 2.39. The van der Waals surface area contributed by atoms with Gasteiger partial charge in [-0.05, 0) is 136 Å². The average Bonchev–Trinajstić information content (AvgIpc) is 3.24. The molecule has 0 radical (unpaired) electrons. The molecule has 2 aromatic carbocycles. The first kappa shape index (κ1) is 57.4. The first-order valence-corrected chi connectivity index (χ1v) is 24.1. The summed E-state index contributed by atoms with van der Waals surface area (Å²) >= 11 is 10.3. The number of amides is 6. The van der Waals surface area contributed by atoms with Gasteiger partial charge in [-0.2, -0.15) is 0 Å². The van der Waals surface area contributed by atoms with E-state index in [-0.39, 0.29) is 67.9 Å². The van der Waals surface area contributed by atoms with Crippen LogP contribution < -0.4 is 31.1 Å². The summed E-state index contributed by atoms with van der Waals surface area (Å²) in [5.41, 5.74) is -0.931. The molecule has 0 aliphatic rings. The van der Waals surface area contributed by atoms with E-state index in [1.54, 1.807) is 136 Å². The fourth-order valence-corrected chi connectivity index (χ4v) is 14.7. The number of hydrogen-bond donors (Lipinski definition) is 14. The molecule has 0 fully saturated rings. The summed E-state index contributed by atoms with van der Waals surface area (Å²) < 4.78 is 0.315. The zero-order valence-electron chi connectivity index (χ0n) is 31.8. The van der Waals surface area contributed by atoms with Crippen LogP contribution in [0.3, 0.4) is 0 Å². The topological polar surface area (TPSA) is 359 Å². The third-order valence-electron chi connectivity index (χ3n) is 8.51. The van der Waals surface area contributed by atoms with Gasteiger partial charge in [0.25, 0.3) is 23.6 Å². The number of nitrogens with zero attached hydrogens (tertiary/aromatic N) is 2. The van der Waals surface area contributed by atoms with E-state index >= 15 is 0 Å². The minimum Gasteiger partial charge on any atom is -0.394 e. The summed E-state index contributed by atoms with van der Waals surface area (Å²) in [6, 6.07) is -2.25. The molecule has 28 heteroatoms. The predicted molar refractivity (Wildman–Crippen MR) is 270 cm³/mol. The molecular formula is C34H42I6N6O16. The van der Waals surface area contributed by atoms with Crippen molar-refractivity contribution in [3.05, 3.63) is 43.7 Å². The second kappa shape index (κ2) is 27.8. The van der Waals surface area contributed by atoms with Crippen LogP contribution in [0.4, 0.5) is 11.4 Å². The van der Waals surface area contributed by atoms with Crippen molar-refractivity contribution in [2.45, 2.75) is 36.5 Å². The second-order valence-corrected chi connectivity index (χ2v) is 19.4. The van der Waals surface area contributed by atoms with Crippen LogP contribution in [0.25, 0.3) is 0 Å². The minimum atomic E-state index is -1.89. The van der Waals surface area contributed by atoms with Crippen molar-refractivity contribution >= 4 is 183 Å². The summed E-state index contributed by atoms with van der Waals surface area (Å²) in [4.78, 5) is 81.6. The molecule has 62 heavy (non-hydrogen) atoms. The quantitative estimate of drug-likeness (QED) is 0.0348. The van der Waals surface area contributed by atoms with Gasteiger partial charge in [-0.1, -0.05) is 0 Å². The van der Waals surface area contributed by atoms with Crippen molar-refractivity contribution < 1.29 is 79.8 Å². The summed E-state index contributed by atoms with van der Waals surface area (Å²) in [5, 5.41) is 109. The van der Waals surface area contributed by atoms with E-state index in [4.69, 9.17) is 0 Å². The number of benzene rings is 2. The van der Waals surface area contributed by atoms with Crippen molar-refractivity contribution in [1.82, 2.24) is 21.3 Å². The highest BCUT2D eigenvalue weighted by atomic mass is 127. The van der Waals surface area contributed by atoms with E-state index < -0.39 is 126 Å². The normalized spacial score (nSPS) is 13.3. The van der Waals surface area contributed by atoms with Gasteiger partial charge in [-0.15, -0.1) is 0 Å². The number of rotatable bonds is 25. The fourth-order valence-electron chi connectivity index (χ4n) is 5.16. The predicted octanol–water partition coefficient (Wildman–Crippen LogP) is -3.01. The molecule has 0 aliphatic carbocycles. The Balaban J connectivity index is 2.73. The highest BCUT2D eigenvalue weighted by Gasteiger charge is 2.35. The molecule has 4 unspecified atom stereocenters. The van der Waals surface area contributed by atoms with E-state index in [0.29, 0.717) is 0 Å². The SMILES string of the molecule is O=CN(CC(O)C(O)CN(C=O)c1c(I)c(C(=O)NCC(O)CO)c(I)c(C(=O)NC(CO)CO)c1I)c1c(I)c(C(=O)NCC(O)CO)c(I)c(C(=O)NC(CO)CO)c1I. The molecule has 6 amide bonds. The first-order valence-electron chi connectivity index (χ1n) is 17.6. The summed E-state index contributed by atoms with van der Waals surface area (Å²) in [5.74, 6) is -3.44. The standard InChI is InChI=1S/C34H42I6N6O16/c35-23-19(31(59)41-1-15(55)9-51)25(37)29(27(39)21(23)33(61)43-13(5-47)6-48)45(11-53)3-17(57)18(58)4-46(12-54)30-26(38)20(32(60)42-2-16(56)10-52)24(36)22(28(30)40)34(62)44-14(7-49)8-50/h11-18,47-52,55-58H,1-10H2,(H,41,59)(H,42,60)(H,43,61)(H,44,62). The first-order chi connectivity index (χ1) is 29.2. The number of nitrogens with one attached hydrogen (secondary N) is 4. The zero-order valence-corrected chi connectivity index (χ0v) is 44.7. The van der Waals surface area contributed by atoms with E-state index in [1.165, 1.54) is 0 Å². The Morgan fingerprint density at radius 2 is 0.742 bits per heavy atom. The number of carbonyl (C=O) groups is 6. The Bertz CT molecular complexity index is 1810. The van der Waals surface area contributed by atoms with Gasteiger partial charge in [0, 0.05) is 20.2 Å². The van der Waals surface area contributed by atoms with Crippen molar-refractivity contribution in [3.8, 4) is 0 Å². The molecule has 0 saturated carbocycles. The van der Waals surface area contributed by atoms with Gasteiger partial charge < -0.3 is 82.1 Å². The van der Waals surface area contributed by atoms with Crippen molar-refractivity contribution in [3.63, 3.8) is 0 Å². The van der Waals surface area contributed by atoms with Crippen LogP contribution >= 0.6 is 136 Å². The Labute approximate surface area is 435 Å². The minimum absolute atomic E-state index is 0.0481. The number of anilines is 2. The van der Waals surface area contributed by atoms with Gasteiger partial charge >= 0.3 is 0 Å². The number of aliphatic hydroxyl groups is 10. The lowest BCUT2D eigenvalue weighted by atomic mass is 10.0. The van der Waals surface area contributed by atoms with Crippen LogP contribution in [0.2, 0.25) is 0 Å². The third kappa shape index (κ3) is 14.6. The van der Waals surface area contributed by atoms with Gasteiger partial charge in [-0.3, -0.25) is 28.8 Å². The van der Waals surface area contributed by atoms with E-state index in [2.05, 4.69) is 21.3 Å². The van der Waals surface area contributed by atoms with Crippen molar-refractivity contribution in [1.29, 1.82) is 0 Å². The molecule has 22 nitrogen and oxygen atoms in total. The molecule has 0 spiro atoms. The highest BCUT2D eigenvalue weighted by molar-refractivity contribution is 14.1. The molecule has 346 valence electrons. The van der Waals surface area contributed by atoms with Crippen LogP contribution in [0.1, 0.15) is 41.4 Å². The lowest BCUT2D eigenvalue weighted by Gasteiger charge is -2.31. The summed E-state index contributed by atoms with van der Waals surface area (Å²) in [6.45, 7) is -6.30. The molecule has 4 atom stereocenters. The fraction of sp³-hybridized carbons (Fsp3) is 0.471. The lowest BCUT2D eigenvalue weighted by molar-refractivity contribution is -0.109. The van der Waals surface area contributed by atoms with Gasteiger partial charge in [-0.25, -0.2) is 0 Å². The monoisotopic (exact) mass is 1550 g/mol. The van der Waals surface area contributed by atoms with E-state index in [0.717, 1.165) is 9.80 Å². The Hall–Kier alpha value is -0.760. The molecule has 0 bridgehead atoms. The largest absolute Gasteiger partial charge is 0.394 e. The lowest BCUT2D eigenvalue weighted by Crippen LogP contribution is -2.46. The Kier molecular flexibility index (Phi) is 25.7. The molecule has 2 aromatic rings. The molecule has 0 saturated heterocycles. The number of hydrogen-bond acceptors (Lipinski definition) is 16. The third-order valence-corrected chi connectivity index (χ3v) is 14.9. The van der Waals surface area contributed by atoms with E-state index in [9.17, 15) is 79.8 Å². The molecule has 2 rings (SSSR count). The molecular weight excluding hydrogens is 1510 g/mol. The molecule has 14 N–H and O–H groups in total. The Morgan fingerprint density at radius 1 is 0.468 bits per heavy atom. The summed E-state index contributed by atoms with van der Waals surface area (Å²) in [6.07, 6.45) is -6.00. The van der Waals surface area contributed by atoms with Gasteiger partial charge in [0.1, 0.15) is 0 Å². The molecule has 0 aromatic heterocycles. The van der Waals surface area contributed by atoms with Gasteiger partial charge in [0.05, 0.1) is 137 Å². The summed E-state index contributed by atoms with van der Waals surface area (Å²) in [7, 11) is 0. The second-order valence-electron chi connectivity index (χ2n) is 12.9. The average molecular weight is 1550 g/mol. The number of halogens is 6. The smallest absolute Gasteiger partial charge is 0.253 e. The maximum Gasteiger partial charge on any atom is 0.253 e. The maximum absolute atomic E-state index is 13.6. The Morgan fingerprint density at radius 3 is 0.984 bits per heavy atom. The van der Waals surface area contributed by atoms with Crippen LogP contribution in [-0.4, -0.2) is 190 Å². The van der Waals surface area contributed by atoms with Crippen molar-refractivity contribution in [2.75, 3.05) is 75.6 Å². The van der Waals surface area contributed by atoms with Crippen LogP contribution in [0.5, 0.6) is 0 Å². The number of carbonyl (C=O) groups excluding carboxylic acids is 6. The zero-order chi connectivity index (χ0) is 47.2.